The molecule has 20 heavy (non-hydrogen) atoms. The Morgan fingerprint density at radius 2 is 1.95 bits per heavy atom. The van der Waals surface area contributed by atoms with E-state index < -0.39 is 4.92 Å². The predicted octanol–water partition coefficient (Wildman–Crippen LogP) is 2.92. The van der Waals surface area contributed by atoms with Gasteiger partial charge in [0.25, 0.3) is 5.69 Å². The van der Waals surface area contributed by atoms with E-state index in [1.807, 2.05) is 6.07 Å². The Morgan fingerprint density at radius 1 is 1.25 bits per heavy atom. The minimum absolute atomic E-state index is 0.0898. The van der Waals surface area contributed by atoms with E-state index in [2.05, 4.69) is 4.99 Å². The van der Waals surface area contributed by atoms with Gasteiger partial charge < -0.3 is 5.11 Å². The number of aromatic hydroxyl groups is 1. The van der Waals surface area contributed by atoms with Crippen molar-refractivity contribution in [2.24, 2.45) is 4.99 Å². The van der Waals surface area contributed by atoms with Gasteiger partial charge in [0.05, 0.1) is 22.2 Å². The van der Waals surface area contributed by atoms with Crippen molar-refractivity contribution < 1.29 is 10.0 Å². The highest BCUT2D eigenvalue weighted by Crippen LogP contribution is 2.22. The normalized spacial score (nSPS) is 10.3. The van der Waals surface area contributed by atoms with Crippen molar-refractivity contribution in [2.75, 3.05) is 0 Å². The molecule has 1 N–H and O–H groups in total. The lowest BCUT2D eigenvalue weighted by Crippen LogP contribution is -1.90. The fraction of sp³-hybridized carbons (Fsp3) is 0. The highest BCUT2D eigenvalue weighted by atomic mass is 16.6. The summed E-state index contributed by atoms with van der Waals surface area (Å²) in [6.45, 7) is 0. The van der Waals surface area contributed by atoms with Crippen LogP contribution in [0, 0.1) is 21.4 Å². The number of nitro groups is 1. The van der Waals surface area contributed by atoms with E-state index in [-0.39, 0.29) is 17.0 Å². The summed E-state index contributed by atoms with van der Waals surface area (Å²) in [7, 11) is 0. The Balaban J connectivity index is 2.28. The van der Waals surface area contributed by atoms with Gasteiger partial charge in [-0.15, -0.1) is 0 Å². The van der Waals surface area contributed by atoms with E-state index in [0.29, 0.717) is 11.3 Å². The molecule has 6 heteroatoms. The van der Waals surface area contributed by atoms with Gasteiger partial charge in [0.2, 0.25) is 0 Å². The number of nitrogens with zero attached hydrogens (tertiary/aromatic N) is 3. The summed E-state index contributed by atoms with van der Waals surface area (Å²) >= 11 is 0. The first kappa shape index (κ1) is 13.2. The van der Waals surface area contributed by atoms with E-state index >= 15 is 0 Å². The number of nitro benzene ring substituents is 1. The fourth-order valence-corrected chi connectivity index (χ4v) is 1.52. The average molecular weight is 267 g/mol. The molecule has 0 aliphatic rings. The van der Waals surface area contributed by atoms with Crippen molar-refractivity contribution in [1.82, 2.24) is 0 Å². The first-order valence-electron chi connectivity index (χ1n) is 5.62. The molecule has 0 fully saturated rings. The topological polar surface area (TPSA) is 99.5 Å². The SMILES string of the molecule is N#Cc1ccc(N=Cc2cc([N+](=O)[O-])ccc2O)cc1. The van der Waals surface area contributed by atoms with Crippen LogP contribution in [0.2, 0.25) is 0 Å². The molecule has 0 heterocycles. The van der Waals surface area contributed by atoms with Gasteiger partial charge in [-0.25, -0.2) is 0 Å². The van der Waals surface area contributed by atoms with Gasteiger partial charge in [0.1, 0.15) is 5.75 Å². The van der Waals surface area contributed by atoms with E-state index in [1.165, 1.54) is 24.4 Å². The minimum Gasteiger partial charge on any atom is -0.507 e. The molecule has 2 aromatic rings. The number of non-ortho nitro benzene ring substituents is 1. The van der Waals surface area contributed by atoms with Crippen LogP contribution in [0.5, 0.6) is 5.75 Å². The van der Waals surface area contributed by atoms with Crippen LogP contribution in [0.1, 0.15) is 11.1 Å². The largest absolute Gasteiger partial charge is 0.507 e. The van der Waals surface area contributed by atoms with Gasteiger partial charge in [-0.2, -0.15) is 5.26 Å². The van der Waals surface area contributed by atoms with Gasteiger partial charge in [0, 0.05) is 23.9 Å². The molecule has 0 unspecified atom stereocenters. The molecule has 0 spiro atoms. The van der Waals surface area contributed by atoms with Crippen LogP contribution < -0.4 is 0 Å². The first-order valence-corrected chi connectivity index (χ1v) is 5.62. The second-order valence-corrected chi connectivity index (χ2v) is 3.92. The molecule has 0 bridgehead atoms. The minimum atomic E-state index is -0.543. The fourth-order valence-electron chi connectivity index (χ4n) is 1.52. The van der Waals surface area contributed by atoms with Crippen LogP contribution in [0.25, 0.3) is 0 Å². The molecule has 0 amide bonds. The van der Waals surface area contributed by atoms with Gasteiger partial charge in [-0.3, -0.25) is 15.1 Å². The summed E-state index contributed by atoms with van der Waals surface area (Å²) in [6, 6.07) is 12.2. The number of nitriles is 1. The standard InChI is InChI=1S/C14H9N3O3/c15-8-10-1-3-12(4-2-10)16-9-11-7-13(17(19)20)5-6-14(11)18/h1-7,9,18H. The Kier molecular flexibility index (Phi) is 3.72. The van der Waals surface area contributed by atoms with Crippen LogP contribution >= 0.6 is 0 Å². The zero-order chi connectivity index (χ0) is 14.5. The summed E-state index contributed by atoms with van der Waals surface area (Å²) in [5.41, 5.74) is 1.23. The summed E-state index contributed by atoms with van der Waals surface area (Å²) in [5.74, 6) is -0.0898. The molecule has 0 aliphatic heterocycles. The molecule has 6 nitrogen and oxygen atoms in total. The smallest absolute Gasteiger partial charge is 0.270 e. The van der Waals surface area contributed by atoms with Gasteiger partial charge >= 0.3 is 0 Å². The highest BCUT2D eigenvalue weighted by Gasteiger charge is 2.08. The lowest BCUT2D eigenvalue weighted by atomic mass is 10.2. The summed E-state index contributed by atoms with van der Waals surface area (Å²) in [6.07, 6.45) is 1.34. The van der Waals surface area contributed by atoms with Crippen LogP contribution in [0.15, 0.2) is 47.5 Å². The zero-order valence-electron chi connectivity index (χ0n) is 10.2. The number of aliphatic imine (C=N–C) groups is 1. The van der Waals surface area contributed by atoms with E-state index in [9.17, 15) is 15.2 Å². The highest BCUT2D eigenvalue weighted by molar-refractivity contribution is 5.86. The number of phenolic OH excluding ortho intramolecular Hbond substituents is 1. The number of benzene rings is 2. The predicted molar refractivity (Wildman–Crippen MR) is 73.2 cm³/mol. The molecule has 2 aromatic carbocycles. The third-order valence-corrected chi connectivity index (χ3v) is 2.57. The molecule has 0 aromatic heterocycles. The van der Waals surface area contributed by atoms with Crippen molar-refractivity contribution in [3.8, 4) is 11.8 Å². The lowest BCUT2D eigenvalue weighted by Gasteiger charge is -1.99. The number of phenols is 1. The molecule has 0 radical (unpaired) electrons. The molecule has 0 saturated heterocycles. The lowest BCUT2D eigenvalue weighted by molar-refractivity contribution is -0.384. The summed E-state index contributed by atoms with van der Waals surface area (Å²) in [5, 5.41) is 28.9. The maximum Gasteiger partial charge on any atom is 0.270 e. The Bertz CT molecular complexity index is 715. The monoisotopic (exact) mass is 267 g/mol. The maximum absolute atomic E-state index is 10.7. The van der Waals surface area contributed by atoms with E-state index in [4.69, 9.17) is 5.26 Å². The molecule has 0 aliphatic carbocycles. The summed E-state index contributed by atoms with van der Waals surface area (Å²) < 4.78 is 0. The van der Waals surface area contributed by atoms with E-state index in [0.717, 1.165) is 0 Å². The summed E-state index contributed by atoms with van der Waals surface area (Å²) in [4.78, 5) is 14.2. The number of rotatable bonds is 3. The van der Waals surface area contributed by atoms with Gasteiger partial charge in [-0.05, 0) is 30.3 Å². The van der Waals surface area contributed by atoms with Crippen molar-refractivity contribution in [3.05, 3.63) is 63.7 Å². The molecule has 98 valence electrons. The van der Waals surface area contributed by atoms with Crippen LogP contribution in [0.3, 0.4) is 0 Å². The van der Waals surface area contributed by atoms with Crippen LogP contribution in [-0.4, -0.2) is 16.2 Å². The average Bonchev–Trinajstić information content (AvgIpc) is 2.46. The van der Waals surface area contributed by atoms with Crippen molar-refractivity contribution >= 4 is 17.6 Å². The second kappa shape index (κ2) is 5.63. The zero-order valence-corrected chi connectivity index (χ0v) is 10.2. The molecule has 2 rings (SSSR count). The van der Waals surface area contributed by atoms with E-state index in [1.54, 1.807) is 24.3 Å². The Labute approximate surface area is 114 Å². The molecule has 0 saturated carbocycles. The van der Waals surface area contributed by atoms with Crippen LogP contribution in [0.4, 0.5) is 11.4 Å². The number of hydrogen-bond acceptors (Lipinski definition) is 5. The Hall–Kier alpha value is -3.20. The Morgan fingerprint density at radius 3 is 2.55 bits per heavy atom. The number of hydrogen-bond donors (Lipinski definition) is 1. The third-order valence-electron chi connectivity index (χ3n) is 2.57. The molecular formula is C14H9N3O3. The second-order valence-electron chi connectivity index (χ2n) is 3.92. The van der Waals surface area contributed by atoms with Gasteiger partial charge in [0.15, 0.2) is 0 Å². The van der Waals surface area contributed by atoms with Crippen LogP contribution in [-0.2, 0) is 0 Å². The quantitative estimate of drug-likeness (QED) is 0.525. The van der Waals surface area contributed by atoms with Crippen molar-refractivity contribution in [1.29, 1.82) is 5.26 Å². The maximum atomic E-state index is 10.7. The van der Waals surface area contributed by atoms with Crippen molar-refractivity contribution in [3.63, 3.8) is 0 Å². The molecule has 0 atom stereocenters. The third kappa shape index (κ3) is 2.97. The van der Waals surface area contributed by atoms with Crippen molar-refractivity contribution in [2.45, 2.75) is 0 Å². The first-order chi connectivity index (χ1) is 9.60. The molecular weight excluding hydrogens is 258 g/mol. The van der Waals surface area contributed by atoms with Gasteiger partial charge in [-0.1, -0.05) is 0 Å².